The highest BCUT2D eigenvalue weighted by molar-refractivity contribution is 5.78. The lowest BCUT2D eigenvalue weighted by molar-refractivity contribution is 0.326. The number of hydrogen-bond acceptors (Lipinski definition) is 3. The van der Waals surface area contributed by atoms with Crippen LogP contribution in [0.5, 0.6) is 0 Å². The molecule has 2 aromatic rings. The van der Waals surface area contributed by atoms with Gasteiger partial charge in [-0.2, -0.15) is 0 Å². The molecule has 0 atom stereocenters. The second-order valence-corrected chi connectivity index (χ2v) is 5.16. The fourth-order valence-corrected chi connectivity index (χ4v) is 2.82. The number of aromatic nitrogens is 2. The number of fused-ring (bicyclic) bond motifs is 1. The Hall–Kier alpha value is -1.62. The molecule has 3 rings (SSSR count). The summed E-state index contributed by atoms with van der Waals surface area (Å²) in [5.74, 6) is 0.205. The van der Waals surface area contributed by atoms with Crippen LogP contribution in [-0.2, 0) is 6.54 Å². The number of likely N-dealkylation sites (tertiary alicyclic amines) is 1. The number of nitrogen functional groups attached to an aromatic ring is 1. The molecule has 0 bridgehead atoms. The maximum atomic E-state index is 13.1. The van der Waals surface area contributed by atoms with Crippen molar-refractivity contribution in [3.05, 3.63) is 24.0 Å². The highest BCUT2D eigenvalue weighted by Gasteiger charge is 2.12. The summed E-state index contributed by atoms with van der Waals surface area (Å²) in [6.07, 6.45) is 3.68. The third-order valence-corrected chi connectivity index (χ3v) is 3.79. The van der Waals surface area contributed by atoms with E-state index in [0.717, 1.165) is 25.0 Å². The molecule has 1 aromatic carbocycles. The van der Waals surface area contributed by atoms with Crippen LogP contribution < -0.4 is 5.73 Å². The van der Waals surface area contributed by atoms with E-state index >= 15 is 0 Å². The van der Waals surface area contributed by atoms with Crippen LogP contribution >= 0.6 is 0 Å². The molecule has 1 aliphatic rings. The van der Waals surface area contributed by atoms with Gasteiger partial charge in [0.05, 0.1) is 11.0 Å². The lowest BCUT2D eigenvalue weighted by atomic mass is 10.3. The molecule has 1 saturated heterocycles. The van der Waals surface area contributed by atoms with Crippen LogP contribution in [0.2, 0.25) is 0 Å². The Morgan fingerprint density at radius 2 is 2.00 bits per heavy atom. The Morgan fingerprint density at radius 3 is 2.79 bits per heavy atom. The molecule has 5 heteroatoms. The van der Waals surface area contributed by atoms with Crippen molar-refractivity contribution in [1.82, 2.24) is 14.5 Å². The van der Waals surface area contributed by atoms with Gasteiger partial charge in [0.2, 0.25) is 5.95 Å². The van der Waals surface area contributed by atoms with Crippen molar-refractivity contribution < 1.29 is 4.39 Å². The number of rotatable bonds is 4. The first-order valence-corrected chi connectivity index (χ1v) is 6.88. The van der Waals surface area contributed by atoms with Crippen LogP contribution in [0.3, 0.4) is 0 Å². The molecule has 1 fully saturated rings. The van der Waals surface area contributed by atoms with E-state index in [1.165, 1.54) is 38.1 Å². The van der Waals surface area contributed by atoms with Gasteiger partial charge >= 0.3 is 0 Å². The zero-order valence-corrected chi connectivity index (χ0v) is 11.0. The minimum absolute atomic E-state index is 0.269. The number of imidazole rings is 1. The molecule has 4 nitrogen and oxygen atoms in total. The lowest BCUT2D eigenvalue weighted by Gasteiger charge is -2.14. The SMILES string of the molecule is Nc1nc2cc(F)ccc2n1CCCN1CCCC1. The first kappa shape index (κ1) is 12.4. The van der Waals surface area contributed by atoms with E-state index in [2.05, 4.69) is 9.88 Å². The van der Waals surface area contributed by atoms with Crippen molar-refractivity contribution >= 4 is 17.0 Å². The zero-order valence-electron chi connectivity index (χ0n) is 11.0. The maximum absolute atomic E-state index is 13.1. The van der Waals surface area contributed by atoms with Crippen molar-refractivity contribution in [2.45, 2.75) is 25.8 Å². The van der Waals surface area contributed by atoms with Crippen molar-refractivity contribution in [1.29, 1.82) is 0 Å². The molecule has 102 valence electrons. The van der Waals surface area contributed by atoms with Crippen molar-refractivity contribution in [2.75, 3.05) is 25.4 Å². The molecule has 2 N–H and O–H groups in total. The highest BCUT2D eigenvalue weighted by Crippen LogP contribution is 2.19. The number of halogens is 1. The predicted octanol–water partition coefficient (Wildman–Crippen LogP) is 2.24. The first-order chi connectivity index (χ1) is 9.24. The Labute approximate surface area is 112 Å². The minimum atomic E-state index is -0.269. The van der Waals surface area contributed by atoms with Crippen LogP contribution in [0.4, 0.5) is 10.3 Å². The number of anilines is 1. The molecule has 1 aliphatic heterocycles. The van der Waals surface area contributed by atoms with E-state index in [1.807, 2.05) is 4.57 Å². The Bertz CT molecular complexity index is 572. The van der Waals surface area contributed by atoms with Gasteiger partial charge in [-0.1, -0.05) is 0 Å². The van der Waals surface area contributed by atoms with Crippen LogP contribution in [0.1, 0.15) is 19.3 Å². The largest absolute Gasteiger partial charge is 0.369 e. The summed E-state index contributed by atoms with van der Waals surface area (Å²) in [5.41, 5.74) is 7.47. The Morgan fingerprint density at radius 1 is 1.21 bits per heavy atom. The van der Waals surface area contributed by atoms with Crippen LogP contribution in [0.15, 0.2) is 18.2 Å². The van der Waals surface area contributed by atoms with E-state index in [9.17, 15) is 4.39 Å². The van der Waals surface area contributed by atoms with E-state index in [0.29, 0.717) is 11.5 Å². The summed E-state index contributed by atoms with van der Waals surface area (Å²) in [5, 5.41) is 0. The topological polar surface area (TPSA) is 47.1 Å². The molecule has 0 aliphatic carbocycles. The molecule has 0 amide bonds. The normalized spacial score (nSPS) is 16.5. The average Bonchev–Trinajstić information content (AvgIpc) is 2.98. The van der Waals surface area contributed by atoms with Crippen LogP contribution in [-0.4, -0.2) is 34.1 Å². The molecule has 2 heterocycles. The summed E-state index contributed by atoms with van der Waals surface area (Å²) in [7, 11) is 0. The number of aryl methyl sites for hydroxylation is 1. The molecule has 0 unspecified atom stereocenters. The molecule has 0 saturated carbocycles. The molecular formula is C14H19FN4. The van der Waals surface area contributed by atoms with E-state index < -0.39 is 0 Å². The second-order valence-electron chi connectivity index (χ2n) is 5.16. The van der Waals surface area contributed by atoms with Crippen molar-refractivity contribution in [2.24, 2.45) is 0 Å². The fourth-order valence-electron chi connectivity index (χ4n) is 2.82. The van der Waals surface area contributed by atoms with Gasteiger partial charge in [-0.25, -0.2) is 9.37 Å². The Balaban J connectivity index is 1.71. The van der Waals surface area contributed by atoms with E-state index in [-0.39, 0.29) is 5.82 Å². The number of hydrogen-bond donors (Lipinski definition) is 1. The monoisotopic (exact) mass is 262 g/mol. The highest BCUT2D eigenvalue weighted by atomic mass is 19.1. The van der Waals surface area contributed by atoms with Gasteiger partial charge in [-0.05, 0) is 51.0 Å². The van der Waals surface area contributed by atoms with Gasteiger partial charge in [-0.3, -0.25) is 0 Å². The fraction of sp³-hybridized carbons (Fsp3) is 0.500. The molecule has 0 radical (unpaired) electrons. The quantitative estimate of drug-likeness (QED) is 0.919. The van der Waals surface area contributed by atoms with Gasteiger partial charge in [0.15, 0.2) is 0 Å². The predicted molar refractivity (Wildman–Crippen MR) is 74.4 cm³/mol. The van der Waals surface area contributed by atoms with Gasteiger partial charge in [-0.15, -0.1) is 0 Å². The van der Waals surface area contributed by atoms with Crippen molar-refractivity contribution in [3.63, 3.8) is 0 Å². The molecule has 1 aromatic heterocycles. The summed E-state index contributed by atoms with van der Waals surface area (Å²) in [4.78, 5) is 6.69. The van der Waals surface area contributed by atoms with Crippen molar-refractivity contribution in [3.8, 4) is 0 Å². The third kappa shape index (κ3) is 2.56. The summed E-state index contributed by atoms with van der Waals surface area (Å²) in [6, 6.07) is 4.65. The lowest BCUT2D eigenvalue weighted by Crippen LogP contribution is -2.21. The first-order valence-electron chi connectivity index (χ1n) is 6.88. The molecular weight excluding hydrogens is 243 g/mol. The van der Waals surface area contributed by atoms with Gasteiger partial charge in [0.1, 0.15) is 5.82 Å². The third-order valence-electron chi connectivity index (χ3n) is 3.79. The summed E-state index contributed by atoms with van der Waals surface area (Å²) < 4.78 is 15.1. The number of nitrogens with two attached hydrogens (primary N) is 1. The number of benzene rings is 1. The average molecular weight is 262 g/mol. The molecule has 0 spiro atoms. The zero-order chi connectivity index (χ0) is 13.2. The number of nitrogens with zero attached hydrogens (tertiary/aromatic N) is 3. The Kier molecular flexibility index (Phi) is 3.38. The van der Waals surface area contributed by atoms with Gasteiger partial charge in [0, 0.05) is 12.6 Å². The van der Waals surface area contributed by atoms with Gasteiger partial charge < -0.3 is 15.2 Å². The van der Waals surface area contributed by atoms with E-state index in [1.54, 1.807) is 6.07 Å². The standard InChI is InChI=1S/C14H19FN4/c15-11-4-5-13-12(10-11)17-14(16)19(13)9-3-8-18-6-1-2-7-18/h4-5,10H,1-3,6-9H2,(H2,16,17). The molecule has 19 heavy (non-hydrogen) atoms. The smallest absolute Gasteiger partial charge is 0.201 e. The van der Waals surface area contributed by atoms with E-state index in [4.69, 9.17) is 5.73 Å². The van der Waals surface area contributed by atoms with Gasteiger partial charge in [0.25, 0.3) is 0 Å². The minimum Gasteiger partial charge on any atom is -0.369 e. The second kappa shape index (κ2) is 5.17. The summed E-state index contributed by atoms with van der Waals surface area (Å²) in [6.45, 7) is 4.36. The van der Waals surface area contributed by atoms with Crippen LogP contribution in [0, 0.1) is 5.82 Å². The summed E-state index contributed by atoms with van der Waals surface area (Å²) >= 11 is 0. The maximum Gasteiger partial charge on any atom is 0.201 e. The van der Waals surface area contributed by atoms with Crippen LogP contribution in [0.25, 0.3) is 11.0 Å².